The molecule has 0 aliphatic heterocycles. The van der Waals surface area contributed by atoms with Crippen LogP contribution in [-0.2, 0) is 13.5 Å². The van der Waals surface area contributed by atoms with E-state index in [1.54, 1.807) is 0 Å². The molecule has 2 saturated carbocycles. The average molecular weight is 219 g/mol. The molecule has 0 saturated heterocycles. The van der Waals surface area contributed by atoms with Crippen LogP contribution < -0.4 is 5.32 Å². The van der Waals surface area contributed by atoms with Gasteiger partial charge in [-0.25, -0.2) is 0 Å². The van der Waals surface area contributed by atoms with E-state index in [4.69, 9.17) is 0 Å². The Bertz CT molecular complexity index is 338. The molecule has 3 heteroatoms. The van der Waals surface area contributed by atoms with Crippen LogP contribution in [0.2, 0.25) is 0 Å². The zero-order chi connectivity index (χ0) is 11.0. The molecule has 0 bridgehead atoms. The minimum absolute atomic E-state index is 0.830. The second-order valence-electron chi connectivity index (χ2n) is 5.43. The van der Waals surface area contributed by atoms with E-state index in [0.717, 1.165) is 30.8 Å². The van der Waals surface area contributed by atoms with Crippen molar-refractivity contribution in [2.75, 3.05) is 6.54 Å². The monoisotopic (exact) mass is 219 g/mol. The highest BCUT2D eigenvalue weighted by molar-refractivity contribution is 5.04. The van der Waals surface area contributed by atoms with Crippen molar-refractivity contribution < 1.29 is 0 Å². The highest BCUT2D eigenvalue weighted by atomic mass is 15.2. The third-order valence-electron chi connectivity index (χ3n) is 3.81. The number of hydrogen-bond donors (Lipinski definition) is 1. The Kier molecular flexibility index (Phi) is 2.72. The number of aryl methyl sites for hydroxylation is 1. The maximum absolute atomic E-state index is 4.20. The summed E-state index contributed by atoms with van der Waals surface area (Å²) >= 11 is 0. The summed E-state index contributed by atoms with van der Waals surface area (Å²) < 4.78 is 1.88. The summed E-state index contributed by atoms with van der Waals surface area (Å²) in [4.78, 5) is 0. The molecule has 1 N–H and O–H groups in total. The van der Waals surface area contributed by atoms with Gasteiger partial charge in [0.25, 0.3) is 0 Å². The third kappa shape index (κ3) is 2.46. The zero-order valence-electron chi connectivity index (χ0n) is 10.0. The summed E-state index contributed by atoms with van der Waals surface area (Å²) in [5.74, 6) is 2.00. The molecule has 2 aliphatic rings. The topological polar surface area (TPSA) is 29.9 Å². The molecule has 16 heavy (non-hydrogen) atoms. The van der Waals surface area contributed by atoms with Crippen molar-refractivity contribution >= 4 is 0 Å². The number of hydrogen-bond acceptors (Lipinski definition) is 2. The normalized spacial score (nSPS) is 20.6. The molecule has 0 spiro atoms. The van der Waals surface area contributed by atoms with E-state index in [1.165, 1.54) is 31.2 Å². The Labute approximate surface area is 97.2 Å². The highest BCUT2D eigenvalue weighted by Gasteiger charge is 2.40. The van der Waals surface area contributed by atoms with E-state index in [0.29, 0.717) is 0 Å². The molecule has 3 rings (SSSR count). The van der Waals surface area contributed by atoms with Crippen LogP contribution in [0.25, 0.3) is 0 Å². The minimum atomic E-state index is 0.830. The molecule has 2 fully saturated rings. The van der Waals surface area contributed by atoms with Crippen LogP contribution in [0.3, 0.4) is 0 Å². The lowest BCUT2D eigenvalue weighted by Crippen LogP contribution is -2.34. The van der Waals surface area contributed by atoms with Gasteiger partial charge in [-0.3, -0.25) is 4.68 Å². The van der Waals surface area contributed by atoms with Crippen molar-refractivity contribution in [2.24, 2.45) is 18.9 Å². The number of aromatic nitrogens is 2. The maximum Gasteiger partial charge on any atom is 0.0522 e. The second kappa shape index (κ2) is 4.21. The van der Waals surface area contributed by atoms with E-state index >= 15 is 0 Å². The van der Waals surface area contributed by atoms with Gasteiger partial charge in [-0.1, -0.05) is 0 Å². The second-order valence-corrected chi connectivity index (χ2v) is 5.43. The van der Waals surface area contributed by atoms with Gasteiger partial charge in [0, 0.05) is 19.3 Å². The van der Waals surface area contributed by atoms with Crippen LogP contribution in [0.5, 0.6) is 0 Å². The molecule has 88 valence electrons. The van der Waals surface area contributed by atoms with Crippen LogP contribution in [0.4, 0.5) is 0 Å². The van der Waals surface area contributed by atoms with Gasteiger partial charge in [0.1, 0.15) is 0 Å². The average Bonchev–Trinajstić information content (AvgIpc) is 3.15. The first-order valence-corrected chi connectivity index (χ1v) is 6.54. The summed E-state index contributed by atoms with van der Waals surface area (Å²) in [6.07, 6.45) is 11.0. The first-order chi connectivity index (χ1) is 7.83. The zero-order valence-corrected chi connectivity index (χ0v) is 10.0. The van der Waals surface area contributed by atoms with Crippen molar-refractivity contribution in [3.63, 3.8) is 0 Å². The number of nitrogens with one attached hydrogen (secondary N) is 1. The Morgan fingerprint density at radius 2 is 2.06 bits per heavy atom. The van der Waals surface area contributed by atoms with Gasteiger partial charge >= 0.3 is 0 Å². The van der Waals surface area contributed by atoms with Crippen molar-refractivity contribution in [3.05, 3.63) is 18.0 Å². The van der Waals surface area contributed by atoms with Gasteiger partial charge in [-0.05, 0) is 56.0 Å². The summed E-state index contributed by atoms with van der Waals surface area (Å²) in [6, 6.07) is 0.830. The Balaban J connectivity index is 1.44. The smallest absolute Gasteiger partial charge is 0.0522 e. The lowest BCUT2D eigenvalue weighted by molar-refractivity contribution is 0.420. The van der Waals surface area contributed by atoms with Gasteiger partial charge < -0.3 is 5.32 Å². The molecule has 1 aromatic rings. The number of rotatable bonds is 6. The lowest BCUT2D eigenvalue weighted by atomic mass is 10.1. The summed E-state index contributed by atoms with van der Waals surface area (Å²) in [5.41, 5.74) is 1.35. The van der Waals surface area contributed by atoms with Gasteiger partial charge in [0.2, 0.25) is 0 Å². The molecule has 0 aromatic carbocycles. The molecule has 0 atom stereocenters. The molecule has 0 amide bonds. The fourth-order valence-electron chi connectivity index (χ4n) is 2.61. The van der Waals surface area contributed by atoms with Crippen LogP contribution in [0.1, 0.15) is 31.2 Å². The molecule has 1 heterocycles. The van der Waals surface area contributed by atoms with Gasteiger partial charge in [-0.2, -0.15) is 5.10 Å². The van der Waals surface area contributed by atoms with Crippen molar-refractivity contribution in [1.29, 1.82) is 0 Å². The van der Waals surface area contributed by atoms with E-state index in [-0.39, 0.29) is 0 Å². The standard InChI is InChI=1S/C13H21N3/c1-16-9-10(8-15-16)6-7-14-13(11-2-3-11)12-4-5-12/h8-9,11-14H,2-7H2,1H3. The summed E-state index contributed by atoms with van der Waals surface area (Å²) in [7, 11) is 1.98. The van der Waals surface area contributed by atoms with Crippen LogP contribution >= 0.6 is 0 Å². The summed E-state index contributed by atoms with van der Waals surface area (Å²) in [6.45, 7) is 1.11. The van der Waals surface area contributed by atoms with Crippen molar-refractivity contribution in [3.8, 4) is 0 Å². The quantitative estimate of drug-likeness (QED) is 0.790. The SMILES string of the molecule is Cn1cc(CCNC(C2CC2)C2CC2)cn1. The first-order valence-electron chi connectivity index (χ1n) is 6.54. The molecule has 2 aliphatic carbocycles. The Hall–Kier alpha value is -0.830. The van der Waals surface area contributed by atoms with Gasteiger partial charge in [0.05, 0.1) is 6.20 Å². The van der Waals surface area contributed by atoms with Crippen LogP contribution in [0.15, 0.2) is 12.4 Å². The van der Waals surface area contributed by atoms with Gasteiger partial charge in [0.15, 0.2) is 0 Å². The maximum atomic E-state index is 4.20. The van der Waals surface area contributed by atoms with E-state index in [2.05, 4.69) is 16.6 Å². The van der Waals surface area contributed by atoms with E-state index < -0.39 is 0 Å². The predicted octanol–water partition coefficient (Wildman–Crippen LogP) is 1.74. The fraction of sp³-hybridized carbons (Fsp3) is 0.769. The van der Waals surface area contributed by atoms with Crippen LogP contribution in [-0.4, -0.2) is 22.4 Å². The molecule has 3 nitrogen and oxygen atoms in total. The van der Waals surface area contributed by atoms with Gasteiger partial charge in [-0.15, -0.1) is 0 Å². The highest BCUT2D eigenvalue weighted by Crippen LogP contribution is 2.44. The molecular weight excluding hydrogens is 198 g/mol. The lowest BCUT2D eigenvalue weighted by Gasteiger charge is -2.17. The molecule has 0 radical (unpaired) electrons. The molecule has 1 aromatic heterocycles. The van der Waals surface area contributed by atoms with Crippen LogP contribution in [0, 0.1) is 11.8 Å². The first kappa shape index (κ1) is 10.3. The Morgan fingerprint density at radius 3 is 2.56 bits per heavy atom. The third-order valence-corrected chi connectivity index (χ3v) is 3.81. The molecule has 0 unspecified atom stereocenters. The van der Waals surface area contributed by atoms with E-state index in [9.17, 15) is 0 Å². The largest absolute Gasteiger partial charge is 0.313 e. The summed E-state index contributed by atoms with van der Waals surface area (Å²) in [5, 5.41) is 7.96. The van der Waals surface area contributed by atoms with Crippen molar-refractivity contribution in [1.82, 2.24) is 15.1 Å². The number of nitrogens with zero attached hydrogens (tertiary/aromatic N) is 2. The minimum Gasteiger partial charge on any atom is -0.313 e. The predicted molar refractivity (Wildman–Crippen MR) is 64.2 cm³/mol. The Morgan fingerprint density at radius 1 is 1.38 bits per heavy atom. The van der Waals surface area contributed by atoms with Crippen molar-refractivity contribution in [2.45, 2.75) is 38.1 Å². The molecular formula is C13H21N3. The van der Waals surface area contributed by atoms with E-state index in [1.807, 2.05) is 17.9 Å². The fourth-order valence-corrected chi connectivity index (χ4v) is 2.61.